The number of nitrogens with zero attached hydrogens (tertiary/aromatic N) is 1. The highest BCUT2D eigenvalue weighted by atomic mass is 79.9. The summed E-state index contributed by atoms with van der Waals surface area (Å²) in [6, 6.07) is 6.08. The molecule has 0 spiro atoms. The van der Waals surface area contributed by atoms with Crippen molar-refractivity contribution in [3.63, 3.8) is 0 Å². The summed E-state index contributed by atoms with van der Waals surface area (Å²) in [6.45, 7) is 2.96. The summed E-state index contributed by atoms with van der Waals surface area (Å²) in [6.07, 6.45) is 1.84. The molecule has 3 nitrogen and oxygen atoms in total. The Kier molecular flexibility index (Phi) is 3.72. The second-order valence-corrected chi connectivity index (χ2v) is 5.32. The molecule has 1 atom stereocenters. The zero-order chi connectivity index (χ0) is 12.4. The van der Waals surface area contributed by atoms with Crippen LogP contribution >= 0.6 is 15.9 Å². The minimum Gasteiger partial charge on any atom is -0.373 e. The standard InChI is InChI=1S/C13H17BrN2O/c1-3-9-8-10(14)4-5-11(9)15-12-6-7-16(2)13(12)17/h4-5,8,12,15H,3,6-7H2,1-2H3. The van der Waals surface area contributed by atoms with E-state index in [1.807, 2.05) is 19.2 Å². The number of nitrogens with one attached hydrogen (secondary N) is 1. The number of halogens is 1. The van der Waals surface area contributed by atoms with Crippen molar-refractivity contribution in [2.24, 2.45) is 0 Å². The number of likely N-dealkylation sites (tertiary alicyclic amines) is 1. The largest absolute Gasteiger partial charge is 0.373 e. The first-order chi connectivity index (χ1) is 8.11. The molecule has 1 aromatic rings. The minimum atomic E-state index is -0.0634. The summed E-state index contributed by atoms with van der Waals surface area (Å²) in [5, 5.41) is 3.36. The second-order valence-electron chi connectivity index (χ2n) is 4.40. The van der Waals surface area contributed by atoms with Gasteiger partial charge in [-0.25, -0.2) is 0 Å². The van der Waals surface area contributed by atoms with Gasteiger partial charge >= 0.3 is 0 Å². The molecule has 2 rings (SSSR count). The third kappa shape index (κ3) is 2.63. The zero-order valence-electron chi connectivity index (χ0n) is 10.2. The number of aryl methyl sites for hydroxylation is 1. The Morgan fingerprint density at radius 1 is 1.53 bits per heavy atom. The summed E-state index contributed by atoms with van der Waals surface area (Å²) in [5.74, 6) is 0.190. The van der Waals surface area contributed by atoms with E-state index in [4.69, 9.17) is 0 Å². The molecule has 1 saturated heterocycles. The number of anilines is 1. The van der Waals surface area contributed by atoms with Crippen molar-refractivity contribution in [1.82, 2.24) is 4.90 Å². The van der Waals surface area contributed by atoms with Gasteiger partial charge < -0.3 is 10.2 Å². The van der Waals surface area contributed by atoms with Gasteiger partial charge in [0, 0.05) is 23.8 Å². The van der Waals surface area contributed by atoms with Crippen LogP contribution in [0, 0.1) is 0 Å². The molecule has 1 aromatic carbocycles. The molecule has 1 fully saturated rings. The molecule has 0 radical (unpaired) electrons. The summed E-state index contributed by atoms with van der Waals surface area (Å²) in [7, 11) is 1.85. The predicted molar refractivity (Wildman–Crippen MR) is 73.2 cm³/mol. The number of likely N-dealkylation sites (N-methyl/N-ethyl adjacent to an activating group) is 1. The van der Waals surface area contributed by atoms with E-state index in [2.05, 4.69) is 34.2 Å². The third-order valence-electron chi connectivity index (χ3n) is 3.21. The van der Waals surface area contributed by atoms with Crippen LogP contribution in [0.1, 0.15) is 18.9 Å². The molecule has 17 heavy (non-hydrogen) atoms. The number of benzene rings is 1. The van der Waals surface area contributed by atoms with Gasteiger partial charge in [0.1, 0.15) is 6.04 Å². The van der Waals surface area contributed by atoms with Crippen LogP contribution in [0.15, 0.2) is 22.7 Å². The van der Waals surface area contributed by atoms with Crippen LogP contribution in [0.3, 0.4) is 0 Å². The monoisotopic (exact) mass is 296 g/mol. The normalized spacial score (nSPS) is 19.8. The van der Waals surface area contributed by atoms with Crippen molar-refractivity contribution < 1.29 is 4.79 Å². The van der Waals surface area contributed by atoms with E-state index >= 15 is 0 Å². The molecule has 1 amide bonds. The minimum absolute atomic E-state index is 0.0634. The number of amides is 1. The number of hydrogen-bond acceptors (Lipinski definition) is 2. The molecule has 1 aliphatic rings. The molecule has 1 heterocycles. The lowest BCUT2D eigenvalue weighted by molar-refractivity contribution is -0.127. The van der Waals surface area contributed by atoms with E-state index < -0.39 is 0 Å². The Bertz CT molecular complexity index is 433. The molecule has 0 bridgehead atoms. The van der Waals surface area contributed by atoms with Gasteiger partial charge in [-0.15, -0.1) is 0 Å². The number of carbonyl (C=O) groups excluding carboxylic acids is 1. The van der Waals surface area contributed by atoms with E-state index in [1.54, 1.807) is 4.90 Å². The molecule has 92 valence electrons. The lowest BCUT2D eigenvalue weighted by atomic mass is 10.1. The first-order valence-electron chi connectivity index (χ1n) is 5.91. The molecule has 0 aliphatic carbocycles. The molecule has 4 heteroatoms. The second kappa shape index (κ2) is 5.08. The van der Waals surface area contributed by atoms with Gasteiger partial charge in [-0.05, 0) is 36.6 Å². The SMILES string of the molecule is CCc1cc(Br)ccc1NC1CCN(C)C1=O. The summed E-state index contributed by atoms with van der Waals surface area (Å²) < 4.78 is 1.08. The topological polar surface area (TPSA) is 32.3 Å². The molecule has 1 aliphatic heterocycles. The highest BCUT2D eigenvalue weighted by molar-refractivity contribution is 9.10. The van der Waals surface area contributed by atoms with Crippen molar-refractivity contribution in [3.05, 3.63) is 28.2 Å². The van der Waals surface area contributed by atoms with Crippen LogP contribution in [0.5, 0.6) is 0 Å². The average molecular weight is 297 g/mol. The van der Waals surface area contributed by atoms with Gasteiger partial charge in [0.25, 0.3) is 0 Å². The van der Waals surface area contributed by atoms with Crippen LogP contribution in [-0.2, 0) is 11.2 Å². The highest BCUT2D eigenvalue weighted by Gasteiger charge is 2.29. The van der Waals surface area contributed by atoms with Crippen LogP contribution in [-0.4, -0.2) is 30.4 Å². The number of carbonyl (C=O) groups is 1. The number of hydrogen-bond donors (Lipinski definition) is 1. The zero-order valence-corrected chi connectivity index (χ0v) is 11.8. The Morgan fingerprint density at radius 3 is 2.88 bits per heavy atom. The molecule has 1 N–H and O–H groups in total. The molecular formula is C13H17BrN2O. The number of rotatable bonds is 3. The Labute approximate surface area is 110 Å². The molecule has 0 saturated carbocycles. The van der Waals surface area contributed by atoms with E-state index in [9.17, 15) is 4.79 Å². The van der Waals surface area contributed by atoms with Crippen molar-refractivity contribution in [1.29, 1.82) is 0 Å². The maximum absolute atomic E-state index is 11.8. The van der Waals surface area contributed by atoms with Crippen molar-refractivity contribution in [3.8, 4) is 0 Å². The molecule has 1 unspecified atom stereocenters. The first-order valence-corrected chi connectivity index (χ1v) is 6.71. The highest BCUT2D eigenvalue weighted by Crippen LogP contribution is 2.24. The Hall–Kier alpha value is -1.03. The van der Waals surface area contributed by atoms with Gasteiger partial charge in [-0.3, -0.25) is 4.79 Å². The smallest absolute Gasteiger partial charge is 0.244 e. The first kappa shape index (κ1) is 12.4. The van der Waals surface area contributed by atoms with Crippen molar-refractivity contribution in [2.75, 3.05) is 18.9 Å². The fourth-order valence-electron chi connectivity index (χ4n) is 2.14. The lowest BCUT2D eigenvalue weighted by Gasteiger charge is -2.16. The van der Waals surface area contributed by atoms with E-state index in [0.717, 1.165) is 29.5 Å². The summed E-state index contributed by atoms with van der Waals surface area (Å²) in [4.78, 5) is 13.6. The maximum Gasteiger partial charge on any atom is 0.244 e. The van der Waals surface area contributed by atoms with Crippen molar-refractivity contribution in [2.45, 2.75) is 25.8 Å². The predicted octanol–water partition coefficient (Wildman–Crippen LogP) is 2.65. The van der Waals surface area contributed by atoms with Crippen LogP contribution in [0.2, 0.25) is 0 Å². The van der Waals surface area contributed by atoms with Gasteiger partial charge in [0.05, 0.1) is 0 Å². The van der Waals surface area contributed by atoms with Crippen molar-refractivity contribution >= 4 is 27.5 Å². The summed E-state index contributed by atoms with van der Waals surface area (Å²) in [5.41, 5.74) is 2.31. The third-order valence-corrected chi connectivity index (χ3v) is 3.70. The summed E-state index contributed by atoms with van der Waals surface area (Å²) >= 11 is 3.47. The van der Waals surface area contributed by atoms with Crippen LogP contribution in [0.4, 0.5) is 5.69 Å². The van der Waals surface area contributed by atoms with E-state index in [0.29, 0.717) is 0 Å². The quantitative estimate of drug-likeness (QED) is 0.930. The van der Waals surface area contributed by atoms with Gasteiger partial charge in [-0.2, -0.15) is 0 Å². The van der Waals surface area contributed by atoms with Gasteiger partial charge in [0.15, 0.2) is 0 Å². The van der Waals surface area contributed by atoms with Gasteiger partial charge in [0.2, 0.25) is 5.91 Å². The van der Waals surface area contributed by atoms with Gasteiger partial charge in [-0.1, -0.05) is 22.9 Å². The molecular weight excluding hydrogens is 280 g/mol. The fraction of sp³-hybridized carbons (Fsp3) is 0.462. The van der Waals surface area contributed by atoms with E-state index in [-0.39, 0.29) is 11.9 Å². The fourth-order valence-corrected chi connectivity index (χ4v) is 2.55. The lowest BCUT2D eigenvalue weighted by Crippen LogP contribution is -2.31. The van der Waals surface area contributed by atoms with Crippen LogP contribution < -0.4 is 5.32 Å². The Morgan fingerprint density at radius 2 is 2.29 bits per heavy atom. The van der Waals surface area contributed by atoms with E-state index in [1.165, 1.54) is 5.56 Å². The Balaban J connectivity index is 2.16. The molecule has 0 aromatic heterocycles. The average Bonchev–Trinajstić information content (AvgIpc) is 2.63. The van der Waals surface area contributed by atoms with Crippen LogP contribution in [0.25, 0.3) is 0 Å². The maximum atomic E-state index is 11.8.